The Bertz CT molecular complexity index is 863. The summed E-state index contributed by atoms with van der Waals surface area (Å²) in [6, 6.07) is 3.31. The minimum Gasteiger partial charge on any atom is -0.367 e. The number of rotatable bonds is 6. The Hall–Kier alpha value is -3.10. The summed E-state index contributed by atoms with van der Waals surface area (Å²) in [5.41, 5.74) is 0.546. The topological polar surface area (TPSA) is 103 Å². The Balaban J connectivity index is 1.40. The summed E-state index contributed by atoms with van der Waals surface area (Å²) < 4.78 is 1.77. The zero-order valence-corrected chi connectivity index (χ0v) is 16.5. The fourth-order valence-corrected chi connectivity index (χ4v) is 4.56. The third-order valence-electron chi connectivity index (χ3n) is 5.87. The van der Waals surface area contributed by atoms with Crippen molar-refractivity contribution in [3.8, 4) is 0 Å². The minimum absolute atomic E-state index is 0.0327. The van der Waals surface area contributed by atoms with Crippen LogP contribution in [0.4, 0.5) is 0 Å². The molecule has 154 valence electrons. The van der Waals surface area contributed by atoms with Crippen LogP contribution in [0.15, 0.2) is 36.9 Å². The first-order valence-electron chi connectivity index (χ1n) is 10.1. The van der Waals surface area contributed by atoms with E-state index in [9.17, 15) is 14.4 Å². The first kappa shape index (κ1) is 19.2. The van der Waals surface area contributed by atoms with Crippen molar-refractivity contribution in [3.63, 3.8) is 0 Å². The summed E-state index contributed by atoms with van der Waals surface area (Å²) in [7, 11) is 0. The van der Waals surface area contributed by atoms with Gasteiger partial charge in [0.1, 0.15) is 6.54 Å². The van der Waals surface area contributed by atoms with Crippen LogP contribution in [-0.4, -0.2) is 74.0 Å². The van der Waals surface area contributed by atoms with Crippen molar-refractivity contribution < 1.29 is 14.4 Å². The van der Waals surface area contributed by atoms with Crippen LogP contribution in [-0.2, 0) is 16.1 Å². The predicted octanol–water partition coefficient (Wildman–Crippen LogP) is 0.479. The van der Waals surface area contributed by atoms with E-state index in [4.69, 9.17) is 0 Å². The van der Waals surface area contributed by atoms with Crippen LogP contribution in [0.2, 0.25) is 0 Å². The van der Waals surface area contributed by atoms with E-state index >= 15 is 0 Å². The molecule has 3 amide bonds. The summed E-state index contributed by atoms with van der Waals surface area (Å²) >= 11 is 0. The van der Waals surface area contributed by atoms with Gasteiger partial charge in [0, 0.05) is 43.9 Å². The second-order valence-electron chi connectivity index (χ2n) is 7.62. The summed E-state index contributed by atoms with van der Waals surface area (Å²) in [5, 5.41) is 7.11. The summed E-state index contributed by atoms with van der Waals surface area (Å²) in [6.07, 6.45) is 8.18. The van der Waals surface area contributed by atoms with E-state index in [-0.39, 0.29) is 42.3 Å². The monoisotopic (exact) mass is 398 g/mol. The standard InChI is InChI=1S/C20H26N6O3/c1-2-17-16(19(28)22-7-9-25-8-3-5-23-25)10-15-12-24(13-18(27)26(15)17)20(29)14-4-6-21-11-14/h3-6,8,11,15-17,21H,2,7,9-10,12-13H2,1H3,(H,22,28)/t15-,16-,17-/m0/s1. The maximum atomic E-state index is 12.8. The van der Waals surface area contributed by atoms with Crippen molar-refractivity contribution in [1.82, 2.24) is 29.9 Å². The number of hydrogen-bond acceptors (Lipinski definition) is 4. The number of amides is 3. The van der Waals surface area contributed by atoms with Gasteiger partial charge < -0.3 is 20.1 Å². The molecule has 2 N–H and O–H groups in total. The molecule has 2 fully saturated rings. The number of hydrogen-bond donors (Lipinski definition) is 2. The van der Waals surface area contributed by atoms with Crippen LogP contribution < -0.4 is 5.32 Å². The molecule has 2 aromatic heterocycles. The average molecular weight is 398 g/mol. The number of aromatic nitrogens is 3. The third kappa shape index (κ3) is 3.76. The van der Waals surface area contributed by atoms with Gasteiger partial charge in [0.15, 0.2) is 0 Å². The number of piperazine rings is 1. The second-order valence-corrected chi connectivity index (χ2v) is 7.62. The molecule has 4 heterocycles. The van der Waals surface area contributed by atoms with Crippen LogP contribution in [0.3, 0.4) is 0 Å². The molecule has 0 aliphatic carbocycles. The fraction of sp³-hybridized carbons (Fsp3) is 0.500. The van der Waals surface area contributed by atoms with Crippen LogP contribution in [0.1, 0.15) is 30.1 Å². The van der Waals surface area contributed by atoms with Crippen LogP contribution >= 0.6 is 0 Å². The van der Waals surface area contributed by atoms with E-state index in [1.54, 1.807) is 34.2 Å². The Morgan fingerprint density at radius 2 is 2.24 bits per heavy atom. The van der Waals surface area contributed by atoms with Crippen molar-refractivity contribution in [1.29, 1.82) is 0 Å². The fourth-order valence-electron chi connectivity index (χ4n) is 4.56. The van der Waals surface area contributed by atoms with Gasteiger partial charge in [-0.15, -0.1) is 0 Å². The molecule has 2 aromatic rings. The van der Waals surface area contributed by atoms with Crippen molar-refractivity contribution in [2.24, 2.45) is 5.92 Å². The number of nitrogens with one attached hydrogen (secondary N) is 2. The number of fused-ring (bicyclic) bond motifs is 1. The Morgan fingerprint density at radius 3 is 2.93 bits per heavy atom. The molecule has 0 spiro atoms. The van der Waals surface area contributed by atoms with Gasteiger partial charge in [-0.2, -0.15) is 5.10 Å². The molecule has 0 unspecified atom stereocenters. The third-order valence-corrected chi connectivity index (χ3v) is 5.87. The lowest BCUT2D eigenvalue weighted by Gasteiger charge is -2.39. The maximum Gasteiger partial charge on any atom is 0.255 e. The lowest BCUT2D eigenvalue weighted by atomic mass is 9.96. The van der Waals surface area contributed by atoms with Gasteiger partial charge in [-0.1, -0.05) is 6.92 Å². The molecular formula is C20H26N6O3. The molecule has 29 heavy (non-hydrogen) atoms. The summed E-state index contributed by atoms with van der Waals surface area (Å²) in [6.45, 7) is 3.62. The molecule has 0 saturated carbocycles. The smallest absolute Gasteiger partial charge is 0.255 e. The van der Waals surface area contributed by atoms with E-state index in [2.05, 4.69) is 15.4 Å². The molecule has 0 bridgehead atoms. The molecule has 2 aliphatic rings. The average Bonchev–Trinajstić information content (AvgIpc) is 3.47. The van der Waals surface area contributed by atoms with E-state index in [1.165, 1.54) is 0 Å². The molecular weight excluding hydrogens is 372 g/mol. The number of H-pyrrole nitrogens is 1. The number of carbonyl (C=O) groups is 3. The lowest BCUT2D eigenvalue weighted by molar-refractivity contribution is -0.139. The Labute approximate surface area is 169 Å². The van der Waals surface area contributed by atoms with Crippen LogP contribution in [0.5, 0.6) is 0 Å². The summed E-state index contributed by atoms with van der Waals surface area (Å²) in [4.78, 5) is 44.7. The highest BCUT2D eigenvalue weighted by molar-refractivity contribution is 5.97. The molecule has 0 aromatic carbocycles. The highest BCUT2D eigenvalue weighted by Gasteiger charge is 2.49. The van der Waals surface area contributed by atoms with E-state index in [1.807, 2.05) is 24.1 Å². The minimum atomic E-state index is -0.256. The van der Waals surface area contributed by atoms with Gasteiger partial charge in [0.2, 0.25) is 11.8 Å². The van der Waals surface area contributed by atoms with E-state index in [0.29, 0.717) is 38.0 Å². The highest BCUT2D eigenvalue weighted by Crippen LogP contribution is 2.35. The molecule has 9 heteroatoms. The van der Waals surface area contributed by atoms with Crippen molar-refractivity contribution >= 4 is 17.7 Å². The normalized spacial score (nSPS) is 23.9. The van der Waals surface area contributed by atoms with Gasteiger partial charge in [0.25, 0.3) is 5.91 Å². The van der Waals surface area contributed by atoms with Crippen LogP contribution in [0, 0.1) is 5.92 Å². The molecule has 3 atom stereocenters. The van der Waals surface area contributed by atoms with E-state index < -0.39 is 0 Å². The lowest BCUT2D eigenvalue weighted by Crippen LogP contribution is -2.57. The highest BCUT2D eigenvalue weighted by atomic mass is 16.2. The first-order chi connectivity index (χ1) is 14.1. The van der Waals surface area contributed by atoms with E-state index in [0.717, 1.165) is 0 Å². The molecule has 2 aliphatic heterocycles. The quantitative estimate of drug-likeness (QED) is 0.739. The van der Waals surface area contributed by atoms with Gasteiger partial charge >= 0.3 is 0 Å². The number of nitrogens with zero attached hydrogens (tertiary/aromatic N) is 4. The first-order valence-corrected chi connectivity index (χ1v) is 10.1. The van der Waals surface area contributed by atoms with Crippen molar-refractivity contribution in [3.05, 3.63) is 42.5 Å². The molecule has 2 saturated heterocycles. The van der Waals surface area contributed by atoms with Crippen LogP contribution in [0.25, 0.3) is 0 Å². The Kier molecular flexibility index (Phi) is 5.37. The van der Waals surface area contributed by atoms with Gasteiger partial charge in [0.05, 0.1) is 24.1 Å². The second kappa shape index (κ2) is 8.10. The molecule has 9 nitrogen and oxygen atoms in total. The number of aromatic amines is 1. The zero-order chi connectivity index (χ0) is 20.4. The van der Waals surface area contributed by atoms with Gasteiger partial charge in [-0.25, -0.2) is 0 Å². The SMILES string of the molecule is CC[C@H]1[C@@H](C(=O)NCCn2cccn2)C[C@H]2CN(C(=O)c3cc[nH]c3)CC(=O)N21. The van der Waals surface area contributed by atoms with Crippen molar-refractivity contribution in [2.75, 3.05) is 19.6 Å². The van der Waals surface area contributed by atoms with Gasteiger partial charge in [-0.3, -0.25) is 19.1 Å². The predicted molar refractivity (Wildman–Crippen MR) is 105 cm³/mol. The maximum absolute atomic E-state index is 12.8. The summed E-state index contributed by atoms with van der Waals surface area (Å²) in [5.74, 6) is -0.521. The van der Waals surface area contributed by atoms with Crippen molar-refractivity contribution in [2.45, 2.75) is 38.4 Å². The molecule has 0 radical (unpaired) electrons. The molecule has 4 rings (SSSR count). The number of carbonyl (C=O) groups excluding carboxylic acids is 3. The van der Waals surface area contributed by atoms with Gasteiger partial charge in [-0.05, 0) is 25.0 Å². The zero-order valence-electron chi connectivity index (χ0n) is 16.5. The largest absolute Gasteiger partial charge is 0.367 e. The Morgan fingerprint density at radius 1 is 1.38 bits per heavy atom.